The number of ether oxygens (including phenoxy) is 1. The number of amides is 3. The van der Waals surface area contributed by atoms with Crippen LogP contribution in [0.25, 0.3) is 0 Å². The van der Waals surface area contributed by atoms with Gasteiger partial charge in [-0.3, -0.25) is 14.4 Å². The summed E-state index contributed by atoms with van der Waals surface area (Å²) in [5.41, 5.74) is 0. The molecule has 1 rings (SSSR count). The molecule has 0 aromatic carbocycles. The smallest absolute Gasteiger partial charge is 0.370 e. The van der Waals surface area contributed by atoms with E-state index in [1.54, 1.807) is 0 Å². The molecule has 0 aromatic heterocycles. The summed E-state index contributed by atoms with van der Waals surface area (Å²) >= 11 is 0. The van der Waals surface area contributed by atoms with Crippen LogP contribution >= 0.6 is 0 Å². The number of nitrogens with one attached hydrogen (secondary N) is 2. The van der Waals surface area contributed by atoms with E-state index in [4.69, 9.17) is 9.84 Å². The Labute approximate surface area is 160 Å². The number of carbonyl (C=O) groups is 4. The van der Waals surface area contributed by atoms with Gasteiger partial charge in [-0.05, 0) is 6.08 Å². The van der Waals surface area contributed by atoms with E-state index in [1.165, 1.54) is 14.0 Å². The molecule has 0 aromatic rings. The Morgan fingerprint density at radius 2 is 1.82 bits per heavy atom. The molecule has 5 atom stereocenters. The zero-order chi connectivity index (χ0) is 21.6. The van der Waals surface area contributed by atoms with Crippen molar-refractivity contribution >= 4 is 23.7 Å². The van der Waals surface area contributed by atoms with Gasteiger partial charge in [-0.25, -0.2) is 4.79 Å². The predicted octanol–water partition coefficient (Wildman–Crippen LogP) is -3.46. The molecule has 0 saturated heterocycles. The van der Waals surface area contributed by atoms with Gasteiger partial charge in [-0.1, -0.05) is 0 Å². The van der Waals surface area contributed by atoms with Crippen LogP contribution in [0.3, 0.4) is 0 Å². The van der Waals surface area contributed by atoms with Crippen LogP contribution in [0.2, 0.25) is 0 Å². The third kappa shape index (κ3) is 6.18. The van der Waals surface area contributed by atoms with Crippen molar-refractivity contribution in [3.63, 3.8) is 0 Å². The van der Waals surface area contributed by atoms with Gasteiger partial charge in [0.25, 0.3) is 0 Å². The van der Waals surface area contributed by atoms with E-state index in [2.05, 4.69) is 10.6 Å². The lowest BCUT2D eigenvalue weighted by atomic mass is 9.92. The van der Waals surface area contributed by atoms with Gasteiger partial charge < -0.3 is 40.7 Å². The predicted molar refractivity (Wildman–Crippen MR) is 92.5 cm³/mol. The molecule has 3 amide bonds. The Morgan fingerprint density at radius 1 is 1.21 bits per heavy atom. The second-order valence-corrected chi connectivity index (χ2v) is 6.35. The lowest BCUT2D eigenvalue weighted by Crippen LogP contribution is -2.64. The van der Waals surface area contributed by atoms with Crippen molar-refractivity contribution in [1.82, 2.24) is 15.5 Å². The average molecular weight is 403 g/mol. The standard InChI is InChI=1S/C16H25N3O9/c1-7(21)17-13-9(18-12(24)5-19(3)8(2)22)4-11(16(26)27)28-15(13)14(25)10(23)6-20/h4,9-10,13-15,20,23,25H,5-6H2,1-3H3,(H,17,21)(H,18,24)(H,26,27)/t9-,10+,13+,14+,15+/m0/s1. The number of nitrogens with zero attached hydrogens (tertiary/aromatic N) is 1. The molecule has 28 heavy (non-hydrogen) atoms. The molecule has 12 nitrogen and oxygen atoms in total. The molecule has 12 heteroatoms. The molecule has 0 bridgehead atoms. The first-order chi connectivity index (χ1) is 13.0. The Kier molecular flexibility index (Phi) is 8.35. The molecule has 1 aliphatic rings. The van der Waals surface area contributed by atoms with Crippen molar-refractivity contribution in [3.8, 4) is 0 Å². The monoisotopic (exact) mass is 403 g/mol. The minimum atomic E-state index is -1.77. The van der Waals surface area contributed by atoms with Gasteiger partial charge in [-0.15, -0.1) is 0 Å². The van der Waals surface area contributed by atoms with E-state index in [0.717, 1.165) is 17.9 Å². The zero-order valence-electron chi connectivity index (χ0n) is 15.7. The molecule has 1 aliphatic heterocycles. The molecular formula is C16H25N3O9. The molecule has 0 unspecified atom stereocenters. The molecule has 0 spiro atoms. The van der Waals surface area contributed by atoms with Crippen LogP contribution in [0.15, 0.2) is 11.8 Å². The number of carboxylic acids is 1. The number of aliphatic hydroxyl groups excluding tert-OH is 3. The van der Waals surface area contributed by atoms with Gasteiger partial charge in [0.1, 0.15) is 18.3 Å². The number of carbonyl (C=O) groups excluding carboxylic acids is 3. The van der Waals surface area contributed by atoms with Crippen LogP contribution < -0.4 is 10.6 Å². The van der Waals surface area contributed by atoms with Crippen molar-refractivity contribution in [1.29, 1.82) is 0 Å². The molecule has 158 valence electrons. The van der Waals surface area contributed by atoms with Crippen molar-refractivity contribution in [3.05, 3.63) is 11.8 Å². The summed E-state index contributed by atoms with van der Waals surface area (Å²) in [7, 11) is 1.39. The highest BCUT2D eigenvalue weighted by molar-refractivity contribution is 5.86. The van der Waals surface area contributed by atoms with Crippen LogP contribution in [0.4, 0.5) is 0 Å². The molecule has 6 N–H and O–H groups in total. The lowest BCUT2D eigenvalue weighted by molar-refractivity contribution is -0.147. The maximum Gasteiger partial charge on any atom is 0.370 e. The summed E-state index contributed by atoms with van der Waals surface area (Å²) in [5.74, 6) is -3.73. The fourth-order valence-corrected chi connectivity index (χ4v) is 2.56. The number of likely N-dealkylation sites (N-methyl/N-ethyl adjacent to an activating group) is 1. The minimum Gasteiger partial charge on any atom is -0.478 e. The van der Waals surface area contributed by atoms with E-state index in [1.807, 2.05) is 0 Å². The summed E-state index contributed by atoms with van der Waals surface area (Å²) in [6, 6.07) is -2.30. The van der Waals surface area contributed by atoms with E-state index in [0.29, 0.717) is 0 Å². The first-order valence-corrected chi connectivity index (χ1v) is 8.34. The normalized spacial score (nSPS) is 23.5. The minimum absolute atomic E-state index is 0.331. The highest BCUT2D eigenvalue weighted by Gasteiger charge is 2.44. The van der Waals surface area contributed by atoms with Gasteiger partial charge in [0.2, 0.25) is 23.5 Å². The molecule has 1 heterocycles. The number of carboxylic acid groups (broad SMARTS) is 1. The second kappa shape index (κ2) is 10.0. The van der Waals surface area contributed by atoms with Crippen LogP contribution in [0.5, 0.6) is 0 Å². The molecule has 0 aliphatic carbocycles. The maximum absolute atomic E-state index is 12.2. The van der Waals surface area contributed by atoms with E-state index in [9.17, 15) is 34.5 Å². The summed E-state index contributed by atoms with van der Waals surface area (Å²) in [4.78, 5) is 47.5. The average Bonchev–Trinajstić information content (AvgIpc) is 2.60. The lowest BCUT2D eigenvalue weighted by Gasteiger charge is -2.40. The fraction of sp³-hybridized carbons (Fsp3) is 0.625. The quantitative estimate of drug-likeness (QED) is 0.239. The Balaban J connectivity index is 3.19. The van der Waals surface area contributed by atoms with Crippen molar-refractivity contribution < 1.29 is 44.3 Å². The highest BCUT2D eigenvalue weighted by atomic mass is 16.5. The SMILES string of the molecule is CC(=O)N[C@H]1[C@H]([C@H](O)[C@H](O)CO)OC(C(=O)O)=C[C@@H]1NC(=O)CN(C)C(C)=O. The zero-order valence-corrected chi connectivity index (χ0v) is 15.7. The third-order valence-corrected chi connectivity index (χ3v) is 4.08. The van der Waals surface area contributed by atoms with Gasteiger partial charge in [-0.2, -0.15) is 0 Å². The van der Waals surface area contributed by atoms with Crippen LogP contribution in [0.1, 0.15) is 13.8 Å². The number of aliphatic hydroxyl groups is 3. The van der Waals surface area contributed by atoms with Crippen LogP contribution in [-0.2, 0) is 23.9 Å². The summed E-state index contributed by atoms with van der Waals surface area (Å²) in [5, 5.41) is 43.1. The number of hydrogen-bond acceptors (Lipinski definition) is 8. The third-order valence-electron chi connectivity index (χ3n) is 4.08. The molecule has 0 radical (unpaired) electrons. The van der Waals surface area contributed by atoms with Crippen molar-refractivity contribution in [2.45, 2.75) is 44.2 Å². The summed E-state index contributed by atoms with van der Waals surface area (Å²) in [6.07, 6.45) is -3.92. The van der Waals surface area contributed by atoms with E-state index in [-0.39, 0.29) is 12.5 Å². The summed E-state index contributed by atoms with van der Waals surface area (Å²) in [6.45, 7) is 1.24. The Morgan fingerprint density at radius 3 is 2.29 bits per heavy atom. The van der Waals surface area contributed by atoms with Gasteiger partial charge in [0.05, 0.1) is 25.2 Å². The number of aliphatic carboxylic acids is 1. The Hall–Kier alpha value is -2.70. The fourth-order valence-electron chi connectivity index (χ4n) is 2.56. The highest BCUT2D eigenvalue weighted by Crippen LogP contribution is 2.23. The van der Waals surface area contributed by atoms with Crippen molar-refractivity contribution in [2.75, 3.05) is 20.2 Å². The number of hydrogen-bond donors (Lipinski definition) is 6. The molecule has 0 fully saturated rings. The first kappa shape index (κ1) is 23.3. The first-order valence-electron chi connectivity index (χ1n) is 8.34. The van der Waals surface area contributed by atoms with E-state index >= 15 is 0 Å². The molecule has 0 saturated carbocycles. The molecular weight excluding hydrogens is 378 g/mol. The largest absolute Gasteiger partial charge is 0.478 e. The number of rotatable bonds is 8. The van der Waals surface area contributed by atoms with E-state index < -0.39 is 60.5 Å². The van der Waals surface area contributed by atoms with Gasteiger partial charge in [0, 0.05) is 20.9 Å². The van der Waals surface area contributed by atoms with Crippen molar-refractivity contribution in [2.24, 2.45) is 0 Å². The topological polar surface area (TPSA) is 186 Å². The van der Waals surface area contributed by atoms with Crippen LogP contribution in [0, 0.1) is 0 Å². The Bertz CT molecular complexity index is 651. The van der Waals surface area contributed by atoms with Gasteiger partial charge in [0.15, 0.2) is 0 Å². The van der Waals surface area contributed by atoms with Gasteiger partial charge >= 0.3 is 5.97 Å². The van der Waals surface area contributed by atoms with Crippen LogP contribution in [-0.4, -0.2) is 99.6 Å². The summed E-state index contributed by atoms with van der Waals surface area (Å²) < 4.78 is 5.19. The second-order valence-electron chi connectivity index (χ2n) is 6.35. The maximum atomic E-state index is 12.2.